The first-order valence-corrected chi connectivity index (χ1v) is 7.87. The second kappa shape index (κ2) is 8.05. The van der Waals surface area contributed by atoms with Crippen molar-refractivity contribution < 1.29 is 4.79 Å². The second-order valence-electron chi connectivity index (χ2n) is 5.68. The first kappa shape index (κ1) is 16.6. The Kier molecular flexibility index (Phi) is 6.09. The first-order chi connectivity index (χ1) is 10.6. The predicted octanol–water partition coefficient (Wildman–Crippen LogP) is -0.369. The van der Waals surface area contributed by atoms with Crippen molar-refractivity contribution in [3.8, 4) is 0 Å². The monoisotopic (exact) mass is 307 g/mol. The van der Waals surface area contributed by atoms with Crippen molar-refractivity contribution in [1.82, 2.24) is 24.9 Å². The highest BCUT2D eigenvalue weighted by Gasteiger charge is 2.14. The molecule has 7 nitrogen and oxygen atoms in total. The fourth-order valence-corrected chi connectivity index (χ4v) is 2.43. The predicted molar refractivity (Wildman–Crippen MR) is 85.1 cm³/mol. The van der Waals surface area contributed by atoms with Gasteiger partial charge < -0.3 is 10.2 Å². The number of aromatic nitrogens is 2. The van der Waals surface area contributed by atoms with E-state index in [1.54, 1.807) is 0 Å². The number of hydrogen-bond donors (Lipinski definition) is 1. The van der Waals surface area contributed by atoms with Crippen LogP contribution in [0.3, 0.4) is 0 Å². The summed E-state index contributed by atoms with van der Waals surface area (Å²) in [4.78, 5) is 28.3. The summed E-state index contributed by atoms with van der Waals surface area (Å²) in [6, 6.07) is 2.89. The number of piperazine rings is 1. The molecule has 1 aromatic heterocycles. The molecule has 0 aliphatic carbocycles. The van der Waals surface area contributed by atoms with E-state index in [-0.39, 0.29) is 11.5 Å². The standard InChI is InChI=1S/C15H25N5O2/c1-3-7-20-14(21)5-4-13(17-20)15(22)16-6-8-19-11-9-18(2)10-12-19/h4-5H,3,6-12H2,1-2H3,(H,16,22). The van der Waals surface area contributed by atoms with Gasteiger partial charge in [-0.15, -0.1) is 0 Å². The topological polar surface area (TPSA) is 70.5 Å². The van der Waals surface area contributed by atoms with Gasteiger partial charge in [0.25, 0.3) is 11.5 Å². The number of nitrogens with zero attached hydrogens (tertiary/aromatic N) is 4. The van der Waals surface area contributed by atoms with Crippen molar-refractivity contribution in [2.75, 3.05) is 46.3 Å². The molecule has 1 N–H and O–H groups in total. The molecule has 2 heterocycles. The Morgan fingerprint density at radius 1 is 1.23 bits per heavy atom. The Bertz CT molecular complexity index is 549. The Morgan fingerprint density at radius 3 is 2.64 bits per heavy atom. The largest absolute Gasteiger partial charge is 0.349 e. The van der Waals surface area contributed by atoms with Gasteiger partial charge in [-0.2, -0.15) is 5.10 Å². The van der Waals surface area contributed by atoms with Gasteiger partial charge in [0.15, 0.2) is 0 Å². The summed E-state index contributed by atoms with van der Waals surface area (Å²) in [5.41, 5.74) is 0.127. The van der Waals surface area contributed by atoms with Crippen molar-refractivity contribution in [3.05, 3.63) is 28.2 Å². The maximum absolute atomic E-state index is 12.1. The maximum atomic E-state index is 12.1. The van der Waals surface area contributed by atoms with Gasteiger partial charge in [-0.05, 0) is 19.5 Å². The molecule has 0 saturated carbocycles. The minimum atomic E-state index is -0.223. The number of likely N-dealkylation sites (N-methyl/N-ethyl adjacent to an activating group) is 1. The van der Waals surface area contributed by atoms with Crippen molar-refractivity contribution >= 4 is 5.91 Å². The molecule has 122 valence electrons. The van der Waals surface area contributed by atoms with Crippen LogP contribution in [0.1, 0.15) is 23.8 Å². The summed E-state index contributed by atoms with van der Waals surface area (Å²) in [5.74, 6) is -0.223. The van der Waals surface area contributed by atoms with E-state index in [1.807, 2.05) is 6.92 Å². The molecule has 0 bridgehead atoms. The van der Waals surface area contributed by atoms with Crippen molar-refractivity contribution in [3.63, 3.8) is 0 Å². The summed E-state index contributed by atoms with van der Waals surface area (Å²) in [6.07, 6.45) is 0.807. The van der Waals surface area contributed by atoms with Crippen LogP contribution in [0.15, 0.2) is 16.9 Å². The lowest BCUT2D eigenvalue weighted by Crippen LogP contribution is -2.47. The van der Waals surface area contributed by atoms with Crippen LogP contribution in [0.4, 0.5) is 0 Å². The smallest absolute Gasteiger partial charge is 0.271 e. The molecule has 0 unspecified atom stereocenters. The number of amides is 1. The highest BCUT2D eigenvalue weighted by Crippen LogP contribution is 1.98. The maximum Gasteiger partial charge on any atom is 0.271 e. The summed E-state index contributed by atoms with van der Waals surface area (Å²) in [7, 11) is 2.12. The molecule has 1 aliphatic heterocycles. The lowest BCUT2D eigenvalue weighted by atomic mass is 10.3. The average molecular weight is 307 g/mol. The minimum absolute atomic E-state index is 0.171. The zero-order valence-corrected chi connectivity index (χ0v) is 13.4. The molecule has 2 rings (SSSR count). The van der Waals surface area contributed by atoms with Gasteiger partial charge in [0.2, 0.25) is 0 Å². The molecule has 0 atom stereocenters. The molecule has 0 spiro atoms. The zero-order valence-electron chi connectivity index (χ0n) is 13.4. The van der Waals surface area contributed by atoms with E-state index < -0.39 is 0 Å². The summed E-state index contributed by atoms with van der Waals surface area (Å²) in [6.45, 7) is 8.14. The molecular weight excluding hydrogens is 282 g/mol. The number of nitrogens with one attached hydrogen (secondary N) is 1. The second-order valence-corrected chi connectivity index (χ2v) is 5.68. The minimum Gasteiger partial charge on any atom is -0.349 e. The van der Waals surface area contributed by atoms with Crippen molar-refractivity contribution in [2.45, 2.75) is 19.9 Å². The molecule has 7 heteroatoms. The Balaban J connectivity index is 1.82. The highest BCUT2D eigenvalue weighted by atomic mass is 16.2. The van der Waals surface area contributed by atoms with E-state index in [1.165, 1.54) is 16.8 Å². The summed E-state index contributed by atoms with van der Waals surface area (Å²) < 4.78 is 1.34. The van der Waals surface area contributed by atoms with Crippen molar-refractivity contribution in [2.24, 2.45) is 0 Å². The number of rotatable bonds is 6. The van der Waals surface area contributed by atoms with Crippen molar-refractivity contribution in [1.29, 1.82) is 0 Å². The van der Waals surface area contributed by atoms with Crippen LogP contribution in [-0.4, -0.2) is 71.8 Å². The molecule has 1 saturated heterocycles. The number of hydrogen-bond acceptors (Lipinski definition) is 5. The highest BCUT2D eigenvalue weighted by molar-refractivity contribution is 5.91. The van der Waals surface area contributed by atoms with E-state index >= 15 is 0 Å². The third-order valence-electron chi connectivity index (χ3n) is 3.84. The molecular formula is C15H25N5O2. The molecule has 1 fully saturated rings. The van der Waals surface area contributed by atoms with Crippen LogP contribution >= 0.6 is 0 Å². The lowest BCUT2D eigenvalue weighted by molar-refractivity contribution is 0.0933. The molecule has 22 heavy (non-hydrogen) atoms. The normalized spacial score (nSPS) is 16.6. The number of carbonyl (C=O) groups excluding carboxylic acids is 1. The third-order valence-corrected chi connectivity index (χ3v) is 3.84. The Hall–Kier alpha value is -1.73. The quantitative estimate of drug-likeness (QED) is 0.776. The van der Waals surface area contributed by atoms with Gasteiger partial charge in [-0.25, -0.2) is 4.68 Å². The third kappa shape index (κ3) is 4.64. The first-order valence-electron chi connectivity index (χ1n) is 7.87. The fourth-order valence-electron chi connectivity index (χ4n) is 2.43. The van der Waals surface area contributed by atoms with Gasteiger partial charge in [0.1, 0.15) is 5.69 Å². The van der Waals surface area contributed by atoms with E-state index in [0.29, 0.717) is 18.8 Å². The van der Waals surface area contributed by atoms with Crippen LogP contribution in [0, 0.1) is 0 Å². The number of aryl methyl sites for hydroxylation is 1. The average Bonchev–Trinajstić information content (AvgIpc) is 2.51. The van der Waals surface area contributed by atoms with Gasteiger partial charge in [0, 0.05) is 51.9 Å². The van der Waals surface area contributed by atoms with Crippen LogP contribution in [0.25, 0.3) is 0 Å². The molecule has 1 amide bonds. The van der Waals surface area contributed by atoms with Crippen LogP contribution in [0.5, 0.6) is 0 Å². The number of carbonyl (C=O) groups is 1. The summed E-state index contributed by atoms with van der Waals surface area (Å²) >= 11 is 0. The summed E-state index contributed by atoms with van der Waals surface area (Å²) in [5, 5.41) is 6.98. The fraction of sp³-hybridized carbons (Fsp3) is 0.667. The molecule has 0 radical (unpaired) electrons. The van der Waals surface area contributed by atoms with Crippen LogP contribution in [-0.2, 0) is 6.54 Å². The Labute approximate surface area is 130 Å². The van der Waals surface area contributed by atoms with Crippen LogP contribution < -0.4 is 10.9 Å². The van der Waals surface area contributed by atoms with Gasteiger partial charge in [-0.3, -0.25) is 14.5 Å². The SMILES string of the molecule is CCCn1nc(C(=O)NCCN2CCN(C)CC2)ccc1=O. The Morgan fingerprint density at radius 2 is 1.95 bits per heavy atom. The molecule has 0 aromatic carbocycles. The van der Waals surface area contributed by atoms with E-state index in [0.717, 1.165) is 39.1 Å². The lowest BCUT2D eigenvalue weighted by Gasteiger charge is -2.32. The van der Waals surface area contributed by atoms with Gasteiger partial charge >= 0.3 is 0 Å². The van der Waals surface area contributed by atoms with Gasteiger partial charge in [-0.1, -0.05) is 6.92 Å². The molecule has 1 aromatic rings. The molecule has 1 aliphatic rings. The van der Waals surface area contributed by atoms with Gasteiger partial charge in [0.05, 0.1) is 0 Å². The van der Waals surface area contributed by atoms with Crippen LogP contribution in [0.2, 0.25) is 0 Å². The van der Waals surface area contributed by atoms with E-state index in [9.17, 15) is 9.59 Å². The van der Waals surface area contributed by atoms with E-state index in [4.69, 9.17) is 0 Å². The zero-order chi connectivity index (χ0) is 15.9. The van der Waals surface area contributed by atoms with E-state index in [2.05, 4.69) is 27.3 Å².